The molecular formula is C98H130Cl2F2N22O22. The predicted octanol–water partition coefficient (Wildman–Crippen LogP) is 8.27. The lowest BCUT2D eigenvalue weighted by Gasteiger charge is -2.26. The summed E-state index contributed by atoms with van der Waals surface area (Å²) in [5.74, 6) is -2.85. The van der Waals surface area contributed by atoms with Gasteiger partial charge in [0.15, 0.2) is 12.1 Å². The number of rotatable bonds is 39. The van der Waals surface area contributed by atoms with Crippen LogP contribution in [0.25, 0.3) is 33.9 Å². The minimum absolute atomic E-state index is 0.0741. The number of allylic oxidation sites excluding steroid dienone is 2. The molecule has 9 aromatic rings. The van der Waals surface area contributed by atoms with Crippen molar-refractivity contribution >= 4 is 110 Å². The molecule has 0 aliphatic carbocycles. The molecular weight excluding hydrogens is 1950 g/mol. The molecule has 8 heterocycles. The van der Waals surface area contributed by atoms with Gasteiger partial charge in [-0.05, 0) is 121 Å². The van der Waals surface area contributed by atoms with Crippen LogP contribution in [0.2, 0.25) is 10.0 Å². The number of aromatic amines is 1. The molecule has 44 nitrogen and oxygen atoms in total. The number of amides is 4. The Morgan fingerprint density at radius 3 is 1.25 bits per heavy atom. The number of fused-ring (bicyclic) bond motifs is 1. The summed E-state index contributed by atoms with van der Waals surface area (Å²) in [5.41, 5.74) is 23.5. The second kappa shape index (κ2) is 66.2. The maximum atomic E-state index is 13.2. The number of benzene rings is 7. The fourth-order valence-electron chi connectivity index (χ4n) is 14.6. The van der Waals surface area contributed by atoms with Crippen LogP contribution in [0.3, 0.4) is 0 Å². The highest BCUT2D eigenvalue weighted by atomic mass is 35.5. The van der Waals surface area contributed by atoms with E-state index >= 15 is 0 Å². The van der Waals surface area contributed by atoms with Gasteiger partial charge in [0.25, 0.3) is 29.3 Å². The van der Waals surface area contributed by atoms with Gasteiger partial charge in [0, 0.05) is 248 Å². The fraction of sp³-hybridized carbons (Fsp3) is 0.439. The number of anilines is 3. The number of halogens is 4. The zero-order chi connectivity index (χ0) is 105. The number of nitro groups is 3. The van der Waals surface area contributed by atoms with Crippen molar-refractivity contribution in [3.05, 3.63) is 243 Å². The molecule has 48 heteroatoms. The van der Waals surface area contributed by atoms with E-state index in [1.54, 1.807) is 58.9 Å². The SMILES string of the molecule is COCCN.COCCNc1ccc(C(=O)NCCN2CCOCC2)cc1N.COCCNc1ccc(C(=O)NCCN2CCOCC2)cc1[N+](=O)[O-].COCCn1c(-c2cnc(-c3ccc(Cl)cc3)[nH]2)nc2cc(C(=O)NCCN3CCOCC3)ccc21.NCCN1CCOCC1.O=C(NCCN1CCOCC1)c1ccc(F)c([N+](=O)[O-])c1.O=C(O)c1ccc(F)c([N+](=O)[O-])c1.O=CC1=CCC(c2ccc(Cl)cc2)=N1. The Morgan fingerprint density at radius 1 is 0.473 bits per heavy atom. The second-order valence-electron chi connectivity index (χ2n) is 32.6. The summed E-state index contributed by atoms with van der Waals surface area (Å²) in [6.45, 7) is 28.2. The Morgan fingerprint density at radius 2 is 0.856 bits per heavy atom. The van der Waals surface area contributed by atoms with Crippen molar-refractivity contribution in [1.29, 1.82) is 0 Å². The number of carboxylic acids is 1. The standard InChI is InChI=1S/C26H29ClN6O3.C16H24N4O5.C16H26N4O3.C13H16FN3O4.C11H8ClNO.C7H4FNO4.C6H14N2O.C3H9NO/c1-35-13-12-33-23-7-4-19(26(34)28-8-9-32-10-14-36-15-11-32)16-21(23)31-25(33)22-17-29-24(30-22)18-2-5-20(27)6-3-18;1-24-9-5-17-14-3-2-13(12-15(14)20(22)23)16(21)18-4-6-19-7-10-25-11-8-19;1-22-9-5-18-15-3-2-13(12-14(15)17)16(21)19-4-6-20-7-10-23-11-8-20;14-11-2-1-10(9-12(11)17(19)20)13(18)15-3-4-16-5-7-21-8-6-16;12-9-3-1-8(2-4-9)11-6-5-10(7-14)13-11;8-5-2-1-4(7(10)11)3-6(5)9(12)13;7-1-2-8-3-5-9-6-4-8;1-5-3-2-4/h2-7,16-17H,8-15H2,1H3,(H,28,34)(H,29,30);2-3,12,17H,4-11H2,1H3,(H,18,21);2-3,12,18H,4-11,17H2,1H3,(H,19,21);1-2,9H,3-8H2,(H,15,18);1-5,7H,6H2;1-3H,(H,10,11);1-7H2;2-4H2,1H3. The first-order chi connectivity index (χ1) is 70.7. The summed E-state index contributed by atoms with van der Waals surface area (Å²) >= 11 is 11.8. The van der Waals surface area contributed by atoms with E-state index in [0.29, 0.717) is 156 Å². The first-order valence-electron chi connectivity index (χ1n) is 47.2. The molecule has 5 saturated heterocycles. The van der Waals surface area contributed by atoms with Crippen LogP contribution in [-0.4, -0.2) is 377 Å². The summed E-state index contributed by atoms with van der Waals surface area (Å²) in [5, 5.41) is 59.4. The van der Waals surface area contributed by atoms with Gasteiger partial charge < -0.3 is 106 Å². The number of aliphatic imine (C=N–C) groups is 1. The number of nitrogens with zero attached hydrogens (tertiary/aromatic N) is 12. The maximum Gasteiger partial charge on any atom is 0.335 e. The topological polar surface area (TPSA) is 560 Å². The summed E-state index contributed by atoms with van der Waals surface area (Å²) in [7, 11) is 6.51. The first kappa shape index (κ1) is 118. The number of carbonyl (C=O) groups is 6. The molecule has 15 rings (SSSR count). The number of aromatic nitrogens is 4. The minimum Gasteiger partial charge on any atom is -0.478 e. The van der Waals surface area contributed by atoms with E-state index < -0.39 is 49.7 Å². The number of morpholine rings is 5. The number of carbonyl (C=O) groups excluding carboxylic acids is 5. The molecule has 6 aliphatic heterocycles. The number of ether oxygens (including phenoxy) is 9. The summed E-state index contributed by atoms with van der Waals surface area (Å²) < 4.78 is 74.0. The summed E-state index contributed by atoms with van der Waals surface area (Å²) in [4.78, 5) is 128. The van der Waals surface area contributed by atoms with Crippen LogP contribution in [0, 0.1) is 42.0 Å². The number of nitro benzene ring substituents is 3. The number of nitrogens with one attached hydrogen (secondary N) is 7. The highest BCUT2D eigenvalue weighted by Crippen LogP contribution is 2.30. The van der Waals surface area contributed by atoms with Crippen molar-refractivity contribution in [2.75, 3.05) is 288 Å². The summed E-state index contributed by atoms with van der Waals surface area (Å²) in [6.07, 6.45) is 5.07. The van der Waals surface area contributed by atoms with Gasteiger partial charge in [-0.15, -0.1) is 0 Å². The molecule has 0 atom stereocenters. The maximum absolute atomic E-state index is 13.2. The second-order valence-corrected chi connectivity index (χ2v) is 33.5. The number of hydrogen-bond donors (Lipinski definition) is 11. The molecule has 0 spiro atoms. The van der Waals surface area contributed by atoms with Gasteiger partial charge >= 0.3 is 17.3 Å². The third-order valence-electron chi connectivity index (χ3n) is 22.5. The monoisotopic (exact) mass is 2070 g/mol. The third-order valence-corrected chi connectivity index (χ3v) is 23.0. The van der Waals surface area contributed by atoms with E-state index in [-0.39, 0.29) is 40.1 Å². The summed E-state index contributed by atoms with van der Waals surface area (Å²) in [6, 6.07) is 35.8. The van der Waals surface area contributed by atoms with Gasteiger partial charge in [-0.3, -0.25) is 78.8 Å². The lowest BCUT2D eigenvalue weighted by Crippen LogP contribution is -2.41. The molecule has 2 aromatic heterocycles. The van der Waals surface area contributed by atoms with Crippen molar-refractivity contribution < 1.29 is 100 Å². The van der Waals surface area contributed by atoms with E-state index in [0.717, 1.165) is 226 Å². The molecule has 146 heavy (non-hydrogen) atoms. The molecule has 5 fully saturated rings. The number of imidazole rings is 2. The van der Waals surface area contributed by atoms with Crippen LogP contribution >= 0.6 is 23.2 Å². The molecule has 0 bridgehead atoms. The fourth-order valence-corrected chi connectivity index (χ4v) is 14.8. The largest absolute Gasteiger partial charge is 0.478 e. The number of aromatic carboxylic acids is 1. The molecule has 4 amide bonds. The average molecular weight is 2080 g/mol. The zero-order valence-corrected chi connectivity index (χ0v) is 83.7. The van der Waals surface area contributed by atoms with Crippen molar-refractivity contribution in [3.8, 4) is 22.9 Å². The molecule has 7 aromatic carbocycles. The van der Waals surface area contributed by atoms with E-state index in [2.05, 4.69) is 80.7 Å². The van der Waals surface area contributed by atoms with E-state index in [1.165, 1.54) is 12.1 Å². The number of hydrogen-bond acceptors (Lipinski definition) is 34. The number of aldehydes is 1. The van der Waals surface area contributed by atoms with Crippen LogP contribution in [0.1, 0.15) is 63.8 Å². The third kappa shape index (κ3) is 41.5. The van der Waals surface area contributed by atoms with Gasteiger partial charge in [-0.2, -0.15) is 8.78 Å². The Bertz CT molecular complexity index is 5650. The van der Waals surface area contributed by atoms with Crippen molar-refractivity contribution in [2.24, 2.45) is 16.5 Å². The normalized spacial score (nSPS) is 14.7. The molecule has 792 valence electrons. The molecule has 0 unspecified atom stereocenters. The predicted molar refractivity (Wildman–Crippen MR) is 550 cm³/mol. The highest BCUT2D eigenvalue weighted by molar-refractivity contribution is 6.31. The number of methoxy groups -OCH3 is 4. The highest BCUT2D eigenvalue weighted by Gasteiger charge is 2.25. The van der Waals surface area contributed by atoms with E-state index in [9.17, 15) is 67.9 Å². The van der Waals surface area contributed by atoms with Gasteiger partial charge in [0.1, 0.15) is 17.2 Å². The number of carboxylic acid groups (broad SMARTS) is 1. The van der Waals surface area contributed by atoms with Crippen molar-refractivity contribution in [1.82, 2.24) is 65.3 Å². The van der Waals surface area contributed by atoms with E-state index in [4.69, 9.17) is 88.4 Å². The Balaban J connectivity index is 0.000000213. The quantitative estimate of drug-likeness (QED) is 0.00567. The van der Waals surface area contributed by atoms with Crippen LogP contribution in [0.15, 0.2) is 162 Å². The van der Waals surface area contributed by atoms with Crippen LogP contribution in [0.4, 0.5) is 42.9 Å². The van der Waals surface area contributed by atoms with Crippen LogP contribution in [0.5, 0.6) is 0 Å². The van der Waals surface area contributed by atoms with Gasteiger partial charge in [-0.25, -0.2) is 19.8 Å². The Kier molecular flexibility index (Phi) is 53.7. The Labute approximate surface area is 854 Å². The first-order valence-corrected chi connectivity index (χ1v) is 48.0. The van der Waals surface area contributed by atoms with Crippen LogP contribution < -0.4 is 49.1 Å². The van der Waals surface area contributed by atoms with Gasteiger partial charge in [0.2, 0.25) is 11.6 Å². The van der Waals surface area contributed by atoms with Gasteiger partial charge in [-0.1, -0.05) is 35.3 Å². The zero-order valence-electron chi connectivity index (χ0n) is 82.2. The number of nitrogen functional groups attached to an aromatic ring is 1. The molecule has 0 saturated carbocycles. The smallest absolute Gasteiger partial charge is 0.335 e. The van der Waals surface area contributed by atoms with E-state index in [1.807, 2.05) is 78.9 Å². The number of H-pyrrole nitrogens is 1. The minimum atomic E-state index is -1.33. The average Bonchev–Trinajstić information content (AvgIpc) is 1.62. The van der Waals surface area contributed by atoms with Crippen LogP contribution in [-0.2, 0) is 54.0 Å². The molecule has 0 radical (unpaired) electrons. The molecule has 6 aliphatic rings. The Hall–Kier alpha value is -13.0. The van der Waals surface area contributed by atoms with Gasteiger partial charge in [0.05, 0.1) is 153 Å². The number of nitrogens with two attached hydrogens (primary N) is 3. The lowest BCUT2D eigenvalue weighted by molar-refractivity contribution is -0.387. The van der Waals surface area contributed by atoms with Crippen molar-refractivity contribution in [2.45, 2.75) is 13.0 Å². The lowest BCUT2D eigenvalue weighted by atomic mass is 10.1. The molecule has 14 N–H and O–H groups in total. The van der Waals surface area contributed by atoms with Crippen molar-refractivity contribution in [3.63, 3.8) is 0 Å².